The van der Waals surface area contributed by atoms with Crippen LogP contribution in [0.1, 0.15) is 54.7 Å². The van der Waals surface area contributed by atoms with Crippen molar-refractivity contribution < 1.29 is 9.90 Å². The minimum Gasteiger partial charge on any atom is -0.481 e. The highest BCUT2D eigenvalue weighted by Gasteiger charge is 2.20. The van der Waals surface area contributed by atoms with Gasteiger partial charge in [0.15, 0.2) is 0 Å². The van der Waals surface area contributed by atoms with Crippen LogP contribution in [0, 0.1) is 6.92 Å². The molecule has 1 unspecified atom stereocenters. The quantitative estimate of drug-likeness (QED) is 0.844. The molecule has 1 N–H and O–H groups in total. The molecule has 0 heterocycles. The molecule has 0 radical (unpaired) electrons. The summed E-state index contributed by atoms with van der Waals surface area (Å²) >= 11 is 0. The minimum absolute atomic E-state index is 0.211. The van der Waals surface area contributed by atoms with Crippen LogP contribution in [0.15, 0.2) is 18.2 Å². The number of rotatable bonds is 2. The first kappa shape index (κ1) is 12.2. The molecule has 2 nitrogen and oxygen atoms in total. The SMILES string of the molecule is Cc1ccc2c(c1)CCCCCC2CC(=O)O. The normalized spacial score (nSPS) is 20.2. The summed E-state index contributed by atoms with van der Waals surface area (Å²) in [5.74, 6) is -0.467. The predicted molar refractivity (Wildman–Crippen MR) is 68.3 cm³/mol. The second kappa shape index (κ2) is 5.35. The van der Waals surface area contributed by atoms with Gasteiger partial charge >= 0.3 is 5.97 Å². The monoisotopic (exact) mass is 232 g/mol. The molecule has 0 bridgehead atoms. The highest BCUT2D eigenvalue weighted by Crippen LogP contribution is 2.32. The maximum Gasteiger partial charge on any atom is 0.303 e. The van der Waals surface area contributed by atoms with Gasteiger partial charge in [0.1, 0.15) is 0 Å². The summed E-state index contributed by atoms with van der Waals surface area (Å²) in [5, 5.41) is 9.01. The number of benzene rings is 1. The number of hydrogen-bond acceptors (Lipinski definition) is 1. The molecule has 2 rings (SSSR count). The van der Waals surface area contributed by atoms with Crippen LogP contribution >= 0.6 is 0 Å². The summed E-state index contributed by atoms with van der Waals surface area (Å²) in [6.45, 7) is 2.10. The molecule has 0 aliphatic heterocycles. The summed E-state index contributed by atoms with van der Waals surface area (Å²) in [6, 6.07) is 6.48. The summed E-state index contributed by atoms with van der Waals surface area (Å²) in [4.78, 5) is 10.9. The number of hydrogen-bond donors (Lipinski definition) is 1. The first-order valence-electron chi connectivity index (χ1n) is 6.48. The number of carboxylic acid groups (broad SMARTS) is 1. The van der Waals surface area contributed by atoms with Crippen LogP contribution in [-0.4, -0.2) is 11.1 Å². The molecule has 1 atom stereocenters. The third-order valence-electron chi connectivity index (χ3n) is 3.66. The second-order valence-corrected chi connectivity index (χ2v) is 5.10. The average Bonchev–Trinajstić information content (AvgIpc) is 2.24. The lowest BCUT2D eigenvalue weighted by atomic mass is 9.83. The number of fused-ring (bicyclic) bond motifs is 1. The molecule has 0 fully saturated rings. The highest BCUT2D eigenvalue weighted by atomic mass is 16.4. The number of carboxylic acids is 1. The Balaban J connectivity index is 2.32. The predicted octanol–water partition coefficient (Wildman–Crippen LogP) is 3.67. The van der Waals surface area contributed by atoms with Crippen molar-refractivity contribution >= 4 is 5.97 Å². The van der Waals surface area contributed by atoms with Crippen molar-refractivity contribution in [3.63, 3.8) is 0 Å². The van der Waals surface area contributed by atoms with Crippen LogP contribution in [-0.2, 0) is 11.2 Å². The van der Waals surface area contributed by atoms with Gasteiger partial charge in [-0.2, -0.15) is 0 Å². The molecule has 1 aliphatic rings. The van der Waals surface area contributed by atoms with Crippen LogP contribution in [0.3, 0.4) is 0 Å². The van der Waals surface area contributed by atoms with E-state index < -0.39 is 5.97 Å². The fourth-order valence-electron chi connectivity index (χ4n) is 2.81. The lowest BCUT2D eigenvalue weighted by Crippen LogP contribution is -2.11. The van der Waals surface area contributed by atoms with E-state index in [9.17, 15) is 4.79 Å². The van der Waals surface area contributed by atoms with E-state index in [2.05, 4.69) is 25.1 Å². The minimum atomic E-state index is -0.679. The summed E-state index contributed by atoms with van der Waals surface area (Å²) in [5.41, 5.74) is 3.92. The number of aryl methyl sites for hydroxylation is 2. The Morgan fingerprint density at radius 3 is 2.94 bits per heavy atom. The smallest absolute Gasteiger partial charge is 0.303 e. The van der Waals surface area contributed by atoms with E-state index in [1.807, 2.05) is 0 Å². The molecule has 0 saturated carbocycles. The third-order valence-corrected chi connectivity index (χ3v) is 3.66. The topological polar surface area (TPSA) is 37.3 Å². The highest BCUT2D eigenvalue weighted by molar-refractivity contribution is 5.68. The summed E-state index contributed by atoms with van der Waals surface area (Å²) in [7, 11) is 0. The molecule has 0 saturated heterocycles. The zero-order valence-electron chi connectivity index (χ0n) is 10.4. The zero-order chi connectivity index (χ0) is 12.3. The van der Waals surface area contributed by atoms with Crippen molar-refractivity contribution in [2.75, 3.05) is 0 Å². The molecule has 1 aromatic rings. The van der Waals surface area contributed by atoms with E-state index in [0.717, 1.165) is 19.3 Å². The maximum absolute atomic E-state index is 10.9. The van der Waals surface area contributed by atoms with E-state index in [0.29, 0.717) is 0 Å². The van der Waals surface area contributed by atoms with Gasteiger partial charge in [0.2, 0.25) is 0 Å². The Morgan fingerprint density at radius 2 is 2.18 bits per heavy atom. The van der Waals surface area contributed by atoms with Crippen molar-refractivity contribution in [1.82, 2.24) is 0 Å². The molecule has 1 aromatic carbocycles. The van der Waals surface area contributed by atoms with Gasteiger partial charge in [-0.05, 0) is 43.2 Å². The van der Waals surface area contributed by atoms with Gasteiger partial charge in [0.05, 0.1) is 6.42 Å². The van der Waals surface area contributed by atoms with E-state index in [1.165, 1.54) is 29.5 Å². The second-order valence-electron chi connectivity index (χ2n) is 5.10. The number of carbonyl (C=O) groups is 1. The van der Waals surface area contributed by atoms with Gasteiger partial charge in [-0.15, -0.1) is 0 Å². The Hall–Kier alpha value is -1.31. The van der Waals surface area contributed by atoms with Crippen LogP contribution in [0.4, 0.5) is 0 Å². The van der Waals surface area contributed by atoms with E-state index >= 15 is 0 Å². The zero-order valence-corrected chi connectivity index (χ0v) is 10.4. The molecule has 0 spiro atoms. The molecule has 92 valence electrons. The van der Waals surface area contributed by atoms with E-state index in [4.69, 9.17) is 5.11 Å². The molecule has 0 aromatic heterocycles. The first-order chi connectivity index (χ1) is 8.16. The Kier molecular flexibility index (Phi) is 3.82. The standard InChI is InChI=1S/C15H20O2/c1-11-7-8-14-12(9-11)5-3-2-4-6-13(14)10-15(16)17/h7-9,13H,2-6,10H2,1H3,(H,16,17). The van der Waals surface area contributed by atoms with Gasteiger partial charge in [-0.25, -0.2) is 0 Å². The molecular weight excluding hydrogens is 212 g/mol. The van der Waals surface area contributed by atoms with Crippen molar-refractivity contribution in [2.45, 2.75) is 51.4 Å². The van der Waals surface area contributed by atoms with Crippen LogP contribution < -0.4 is 0 Å². The van der Waals surface area contributed by atoms with Crippen molar-refractivity contribution in [3.8, 4) is 0 Å². The lowest BCUT2D eigenvalue weighted by Gasteiger charge is -2.22. The van der Waals surface area contributed by atoms with Gasteiger partial charge < -0.3 is 5.11 Å². The van der Waals surface area contributed by atoms with E-state index in [1.54, 1.807) is 0 Å². The third kappa shape index (κ3) is 3.09. The Labute approximate surface area is 103 Å². The lowest BCUT2D eigenvalue weighted by molar-refractivity contribution is -0.137. The summed E-state index contributed by atoms with van der Waals surface area (Å²) in [6.07, 6.45) is 6.01. The maximum atomic E-state index is 10.9. The van der Waals surface area contributed by atoms with Crippen LogP contribution in [0.25, 0.3) is 0 Å². The Morgan fingerprint density at radius 1 is 1.35 bits per heavy atom. The van der Waals surface area contributed by atoms with Crippen molar-refractivity contribution in [3.05, 3.63) is 34.9 Å². The molecule has 1 aliphatic carbocycles. The van der Waals surface area contributed by atoms with Crippen LogP contribution in [0.2, 0.25) is 0 Å². The van der Waals surface area contributed by atoms with Gasteiger partial charge in [-0.1, -0.05) is 36.6 Å². The fourth-order valence-corrected chi connectivity index (χ4v) is 2.81. The van der Waals surface area contributed by atoms with Crippen molar-refractivity contribution in [2.24, 2.45) is 0 Å². The largest absolute Gasteiger partial charge is 0.481 e. The van der Waals surface area contributed by atoms with Gasteiger partial charge in [-0.3, -0.25) is 4.79 Å². The van der Waals surface area contributed by atoms with Gasteiger partial charge in [0.25, 0.3) is 0 Å². The van der Waals surface area contributed by atoms with Crippen LogP contribution in [0.5, 0.6) is 0 Å². The first-order valence-corrected chi connectivity index (χ1v) is 6.48. The molecule has 2 heteroatoms. The number of aliphatic carboxylic acids is 1. The Bertz CT molecular complexity index is 409. The average molecular weight is 232 g/mol. The van der Waals surface area contributed by atoms with E-state index in [-0.39, 0.29) is 12.3 Å². The van der Waals surface area contributed by atoms with Crippen molar-refractivity contribution in [1.29, 1.82) is 0 Å². The molecule has 17 heavy (non-hydrogen) atoms. The summed E-state index contributed by atoms with van der Waals surface area (Å²) < 4.78 is 0. The molecular formula is C15H20O2. The van der Waals surface area contributed by atoms with Gasteiger partial charge in [0, 0.05) is 0 Å². The fraction of sp³-hybridized carbons (Fsp3) is 0.533. The molecule has 0 amide bonds.